The number of nitrogens with zero attached hydrogens (tertiary/aromatic N) is 2. The maximum Gasteiger partial charge on any atom is 0.329 e. The van der Waals surface area contributed by atoms with Crippen molar-refractivity contribution in [2.45, 2.75) is 45.3 Å². The number of non-ortho nitro benzene ring substituents is 1. The van der Waals surface area contributed by atoms with Gasteiger partial charge in [0.2, 0.25) is 0 Å². The Balaban J connectivity index is 1.90. The molecule has 9 heteroatoms. The molecular weight excluding hydrogens is 354 g/mol. The highest BCUT2D eigenvalue weighted by atomic mass is 16.6. The van der Waals surface area contributed by atoms with Crippen LogP contribution in [0.1, 0.15) is 43.5 Å². The Morgan fingerprint density at radius 3 is 2.48 bits per heavy atom. The predicted octanol–water partition coefficient (Wildman–Crippen LogP) is 1.66. The lowest BCUT2D eigenvalue weighted by Gasteiger charge is -2.29. The molecule has 1 saturated heterocycles. The minimum Gasteiger partial charge on any atom is -0.451 e. The highest BCUT2D eigenvalue weighted by molar-refractivity contribution is 5.97. The minimum absolute atomic E-state index is 0.0568. The van der Waals surface area contributed by atoms with Crippen molar-refractivity contribution in [2.24, 2.45) is 0 Å². The fraction of sp³-hybridized carbons (Fsp3) is 0.500. The summed E-state index contributed by atoms with van der Waals surface area (Å²) in [6.07, 6.45) is 2.01. The highest BCUT2D eigenvalue weighted by Gasteiger charge is 2.27. The molecule has 0 radical (unpaired) electrons. The maximum atomic E-state index is 12.3. The summed E-state index contributed by atoms with van der Waals surface area (Å²) in [5.41, 5.74) is -0.167. The monoisotopic (exact) mass is 377 g/mol. The number of nitrogens with one attached hydrogen (secondary N) is 1. The van der Waals surface area contributed by atoms with Crippen LogP contribution in [0.5, 0.6) is 0 Å². The van der Waals surface area contributed by atoms with E-state index in [0.717, 1.165) is 25.3 Å². The van der Waals surface area contributed by atoms with E-state index in [1.165, 1.54) is 32.0 Å². The van der Waals surface area contributed by atoms with Gasteiger partial charge in [-0.05, 0) is 39.2 Å². The fourth-order valence-corrected chi connectivity index (χ4v) is 2.80. The summed E-state index contributed by atoms with van der Waals surface area (Å²) in [5.74, 6) is -1.63. The normalized spacial score (nSPS) is 16.1. The van der Waals surface area contributed by atoms with Gasteiger partial charge in [-0.1, -0.05) is 6.07 Å². The van der Waals surface area contributed by atoms with E-state index in [1.807, 2.05) is 0 Å². The molecule has 27 heavy (non-hydrogen) atoms. The minimum atomic E-state index is -1.01. The number of ether oxygens (including phenoxy) is 1. The molecule has 0 spiro atoms. The first-order valence-electron chi connectivity index (χ1n) is 8.84. The Morgan fingerprint density at radius 2 is 1.85 bits per heavy atom. The molecule has 1 aromatic carbocycles. The Labute approximate surface area is 156 Å². The number of carbonyl (C=O) groups excluding carboxylic acids is 3. The molecule has 1 aliphatic rings. The number of likely N-dealkylation sites (tertiary alicyclic amines) is 1. The van der Waals surface area contributed by atoms with Crippen LogP contribution < -0.4 is 5.32 Å². The fourth-order valence-electron chi connectivity index (χ4n) is 2.80. The van der Waals surface area contributed by atoms with Gasteiger partial charge in [0.15, 0.2) is 6.10 Å². The van der Waals surface area contributed by atoms with Crippen LogP contribution in [0.25, 0.3) is 0 Å². The van der Waals surface area contributed by atoms with Gasteiger partial charge in [0, 0.05) is 30.8 Å². The second-order valence-electron chi connectivity index (χ2n) is 6.47. The van der Waals surface area contributed by atoms with Gasteiger partial charge >= 0.3 is 5.97 Å². The zero-order valence-corrected chi connectivity index (χ0v) is 15.3. The quantitative estimate of drug-likeness (QED) is 0.457. The number of benzene rings is 1. The number of rotatable bonds is 6. The first kappa shape index (κ1) is 20.3. The molecule has 1 fully saturated rings. The van der Waals surface area contributed by atoms with Gasteiger partial charge in [-0.3, -0.25) is 19.7 Å². The summed E-state index contributed by atoms with van der Waals surface area (Å²) in [5, 5.41) is 13.2. The van der Waals surface area contributed by atoms with Gasteiger partial charge in [0.1, 0.15) is 6.04 Å². The molecule has 146 valence electrons. The van der Waals surface area contributed by atoms with Crippen molar-refractivity contribution in [1.29, 1.82) is 0 Å². The Morgan fingerprint density at radius 1 is 1.19 bits per heavy atom. The molecule has 0 unspecified atom stereocenters. The molecule has 2 rings (SSSR count). The van der Waals surface area contributed by atoms with Crippen LogP contribution in [-0.2, 0) is 14.3 Å². The van der Waals surface area contributed by atoms with Gasteiger partial charge in [-0.25, -0.2) is 4.79 Å². The standard InChI is InChI=1S/C18H23N3O6/c1-12(19-16(22)14-7-6-8-15(11-14)21(25)26)18(24)27-13(2)17(23)20-9-4-3-5-10-20/h6-8,11-13H,3-5,9-10H2,1-2H3,(H,19,22)/t12-,13-/m1/s1. The lowest BCUT2D eigenvalue weighted by Crippen LogP contribution is -2.46. The first-order chi connectivity index (χ1) is 12.8. The molecule has 2 atom stereocenters. The number of amides is 2. The molecule has 9 nitrogen and oxygen atoms in total. The molecule has 1 heterocycles. The van der Waals surface area contributed by atoms with Crippen LogP contribution in [-0.4, -0.2) is 52.8 Å². The third kappa shape index (κ3) is 5.50. The number of hydrogen-bond donors (Lipinski definition) is 1. The van der Waals surface area contributed by atoms with E-state index in [9.17, 15) is 24.5 Å². The summed E-state index contributed by atoms with van der Waals surface area (Å²) >= 11 is 0. The summed E-state index contributed by atoms with van der Waals surface area (Å²) in [6.45, 7) is 4.24. The highest BCUT2D eigenvalue weighted by Crippen LogP contribution is 2.14. The van der Waals surface area contributed by atoms with Crippen LogP contribution in [0.2, 0.25) is 0 Å². The topological polar surface area (TPSA) is 119 Å². The van der Waals surface area contributed by atoms with Gasteiger partial charge in [-0.2, -0.15) is 0 Å². The molecule has 1 aliphatic heterocycles. The smallest absolute Gasteiger partial charge is 0.329 e. The Hall–Kier alpha value is -2.97. The average molecular weight is 377 g/mol. The maximum absolute atomic E-state index is 12.3. The number of piperidine rings is 1. The average Bonchev–Trinajstić information content (AvgIpc) is 2.67. The van der Waals surface area contributed by atoms with Crippen molar-refractivity contribution in [3.8, 4) is 0 Å². The van der Waals surface area contributed by atoms with Gasteiger partial charge in [0.05, 0.1) is 4.92 Å². The molecular formula is C18H23N3O6. The van der Waals surface area contributed by atoms with E-state index in [-0.39, 0.29) is 17.2 Å². The molecule has 0 bridgehead atoms. The lowest BCUT2D eigenvalue weighted by molar-refractivity contribution is -0.384. The molecule has 0 saturated carbocycles. The number of hydrogen-bond acceptors (Lipinski definition) is 6. The summed E-state index contributed by atoms with van der Waals surface area (Å²) in [7, 11) is 0. The number of nitro groups is 1. The van der Waals surface area contributed by atoms with Crippen LogP contribution >= 0.6 is 0 Å². The van der Waals surface area contributed by atoms with Crippen molar-refractivity contribution < 1.29 is 24.0 Å². The molecule has 1 aromatic rings. The first-order valence-corrected chi connectivity index (χ1v) is 8.84. The van der Waals surface area contributed by atoms with E-state index in [1.54, 1.807) is 4.90 Å². The van der Waals surface area contributed by atoms with E-state index in [4.69, 9.17) is 4.74 Å². The van der Waals surface area contributed by atoms with Gasteiger partial charge in [0.25, 0.3) is 17.5 Å². The SMILES string of the molecule is C[C@@H](NC(=O)c1cccc([N+](=O)[O-])c1)C(=O)O[C@H](C)C(=O)N1CCCCC1. The van der Waals surface area contributed by atoms with Crippen molar-refractivity contribution >= 4 is 23.5 Å². The van der Waals surface area contributed by atoms with Crippen molar-refractivity contribution in [3.63, 3.8) is 0 Å². The zero-order valence-electron chi connectivity index (χ0n) is 15.3. The van der Waals surface area contributed by atoms with E-state index < -0.39 is 28.9 Å². The van der Waals surface area contributed by atoms with E-state index in [0.29, 0.717) is 13.1 Å². The molecule has 0 aliphatic carbocycles. The van der Waals surface area contributed by atoms with Crippen LogP contribution in [0.15, 0.2) is 24.3 Å². The van der Waals surface area contributed by atoms with Crippen molar-refractivity contribution in [1.82, 2.24) is 10.2 Å². The Kier molecular flexibility index (Phi) is 6.86. The predicted molar refractivity (Wildman–Crippen MR) is 96.0 cm³/mol. The van der Waals surface area contributed by atoms with Crippen molar-refractivity contribution in [2.75, 3.05) is 13.1 Å². The second-order valence-corrected chi connectivity index (χ2v) is 6.47. The summed E-state index contributed by atoms with van der Waals surface area (Å²) in [6, 6.07) is 4.17. The van der Waals surface area contributed by atoms with Gasteiger partial charge < -0.3 is 15.0 Å². The van der Waals surface area contributed by atoms with E-state index >= 15 is 0 Å². The lowest BCUT2D eigenvalue weighted by atomic mass is 10.1. The second kappa shape index (κ2) is 9.11. The third-order valence-electron chi connectivity index (χ3n) is 4.33. The largest absolute Gasteiger partial charge is 0.451 e. The third-order valence-corrected chi connectivity index (χ3v) is 4.33. The molecule has 1 N–H and O–H groups in total. The number of nitro benzene ring substituents is 1. The van der Waals surface area contributed by atoms with E-state index in [2.05, 4.69) is 5.32 Å². The van der Waals surface area contributed by atoms with Crippen LogP contribution in [0, 0.1) is 10.1 Å². The number of esters is 1. The Bertz CT molecular complexity index is 730. The molecule has 0 aromatic heterocycles. The van der Waals surface area contributed by atoms with Crippen LogP contribution in [0.3, 0.4) is 0 Å². The van der Waals surface area contributed by atoms with Crippen molar-refractivity contribution in [3.05, 3.63) is 39.9 Å². The summed E-state index contributed by atoms with van der Waals surface area (Å²) in [4.78, 5) is 48.5. The summed E-state index contributed by atoms with van der Waals surface area (Å²) < 4.78 is 5.17. The zero-order chi connectivity index (χ0) is 20.0. The van der Waals surface area contributed by atoms with Gasteiger partial charge in [-0.15, -0.1) is 0 Å². The number of carbonyl (C=O) groups is 3. The van der Waals surface area contributed by atoms with Crippen LogP contribution in [0.4, 0.5) is 5.69 Å². The molecule has 2 amide bonds.